The molecule has 6 heteroatoms. The molecule has 0 unspecified atom stereocenters. The van der Waals surface area contributed by atoms with Gasteiger partial charge in [-0.1, -0.05) is 0 Å². The Labute approximate surface area is 173 Å². The van der Waals surface area contributed by atoms with Crippen LogP contribution < -0.4 is 0 Å². The fourth-order valence-electron chi connectivity index (χ4n) is 2.46. The molecule has 0 aliphatic heterocycles. The maximum Gasteiger partial charge on any atom is -0.870 e. The Kier molecular flexibility index (Phi) is 8.01. The summed E-state index contributed by atoms with van der Waals surface area (Å²) in [7, 11) is 0. The van der Waals surface area contributed by atoms with Crippen LogP contribution >= 0.6 is 0 Å². The zero-order chi connectivity index (χ0) is 20.2. The predicted octanol–water partition coefficient (Wildman–Crippen LogP) is 4.65. The third kappa shape index (κ3) is 6.49. The SMILES string of the molecule is CC(C)(C)c1ccc(C(=O)[O][Al+][O]C(=O)c2ccc(C(C)(C)C)cc2)cc1.[OH-]. The van der Waals surface area contributed by atoms with Crippen molar-refractivity contribution < 1.29 is 22.6 Å². The summed E-state index contributed by atoms with van der Waals surface area (Å²) < 4.78 is 10.3. The van der Waals surface area contributed by atoms with Crippen molar-refractivity contribution in [3.63, 3.8) is 0 Å². The molecule has 0 saturated carbocycles. The largest absolute Gasteiger partial charge is 0.870 e. The van der Waals surface area contributed by atoms with E-state index in [2.05, 4.69) is 41.5 Å². The van der Waals surface area contributed by atoms with Gasteiger partial charge in [-0.15, -0.1) is 0 Å². The average Bonchev–Trinajstić information content (AvgIpc) is 2.60. The molecule has 2 aromatic rings. The van der Waals surface area contributed by atoms with Crippen molar-refractivity contribution in [2.24, 2.45) is 0 Å². The smallest absolute Gasteiger partial charge is 0.870 e. The van der Waals surface area contributed by atoms with Gasteiger partial charge in [-0.3, -0.25) is 0 Å². The number of carbonyl (C=O) groups is 2. The molecule has 0 aliphatic carbocycles. The van der Waals surface area contributed by atoms with E-state index < -0.39 is 27.8 Å². The molecule has 148 valence electrons. The predicted molar refractivity (Wildman–Crippen MR) is 109 cm³/mol. The molecule has 0 radical (unpaired) electrons. The van der Waals surface area contributed by atoms with Gasteiger partial charge in [0.2, 0.25) is 0 Å². The van der Waals surface area contributed by atoms with Crippen molar-refractivity contribution in [1.82, 2.24) is 0 Å². The summed E-state index contributed by atoms with van der Waals surface area (Å²) in [4.78, 5) is 24.2. The third-order valence-corrected chi connectivity index (χ3v) is 4.90. The van der Waals surface area contributed by atoms with Crippen LogP contribution in [0.25, 0.3) is 0 Å². The molecule has 1 N–H and O–H groups in total. The van der Waals surface area contributed by atoms with Crippen LogP contribution in [0.2, 0.25) is 0 Å². The molecule has 0 heterocycles. The summed E-state index contributed by atoms with van der Waals surface area (Å²) in [6.45, 7) is 12.7. The fourth-order valence-corrected chi connectivity index (χ4v) is 2.96. The normalized spacial score (nSPS) is 11.1. The first-order valence-corrected chi connectivity index (χ1v) is 9.87. The van der Waals surface area contributed by atoms with Crippen molar-refractivity contribution in [1.29, 1.82) is 0 Å². The summed E-state index contributed by atoms with van der Waals surface area (Å²) in [5, 5.41) is 0. The number of rotatable bonds is 4. The van der Waals surface area contributed by atoms with Crippen molar-refractivity contribution in [2.75, 3.05) is 0 Å². The van der Waals surface area contributed by atoms with Crippen LogP contribution in [0, 0.1) is 0 Å². The molecular formula is C22H27AlO5. The second kappa shape index (κ2) is 9.38. The third-order valence-electron chi connectivity index (χ3n) is 4.28. The van der Waals surface area contributed by atoms with Gasteiger partial charge in [0.25, 0.3) is 0 Å². The van der Waals surface area contributed by atoms with E-state index >= 15 is 0 Å². The Morgan fingerprint density at radius 2 is 0.929 bits per heavy atom. The number of carbonyl (C=O) groups excluding carboxylic acids is 2. The van der Waals surface area contributed by atoms with Gasteiger partial charge < -0.3 is 5.48 Å². The topological polar surface area (TPSA) is 82.6 Å². The molecule has 5 nitrogen and oxygen atoms in total. The number of hydrogen-bond acceptors (Lipinski definition) is 5. The molecule has 0 saturated heterocycles. The van der Waals surface area contributed by atoms with Crippen LogP contribution in [0.1, 0.15) is 73.4 Å². The number of hydrogen-bond donors (Lipinski definition) is 0. The summed E-state index contributed by atoms with van der Waals surface area (Å²) in [5.41, 5.74) is 3.20. The Morgan fingerprint density at radius 1 is 0.643 bits per heavy atom. The Bertz CT molecular complexity index is 727. The second-order valence-corrected chi connectivity index (χ2v) is 9.23. The van der Waals surface area contributed by atoms with Crippen molar-refractivity contribution in [3.8, 4) is 0 Å². The van der Waals surface area contributed by atoms with E-state index in [1.807, 2.05) is 24.3 Å². The van der Waals surface area contributed by atoms with Gasteiger partial charge >= 0.3 is 168 Å². The minimum Gasteiger partial charge on any atom is -0.870 e. The molecule has 0 spiro atoms. The molecule has 0 fully saturated rings. The minimum absolute atomic E-state index is 0. The van der Waals surface area contributed by atoms with Gasteiger partial charge in [-0.05, 0) is 0 Å². The Balaban J connectivity index is 0.00000392. The molecule has 28 heavy (non-hydrogen) atoms. The maximum absolute atomic E-state index is 12.1. The van der Waals surface area contributed by atoms with Crippen LogP contribution in [-0.2, 0) is 18.4 Å². The summed E-state index contributed by atoms with van der Waals surface area (Å²) in [6.07, 6.45) is 0. The Morgan fingerprint density at radius 3 is 1.18 bits per heavy atom. The first-order chi connectivity index (χ1) is 12.5. The summed E-state index contributed by atoms with van der Waals surface area (Å²) in [6, 6.07) is 14.6. The molecule has 2 aromatic carbocycles. The van der Waals surface area contributed by atoms with E-state index in [0.717, 1.165) is 11.1 Å². The maximum atomic E-state index is 12.1. The van der Waals surface area contributed by atoms with Crippen molar-refractivity contribution in [3.05, 3.63) is 70.8 Å². The summed E-state index contributed by atoms with van der Waals surface area (Å²) >= 11 is -1.21. The van der Waals surface area contributed by atoms with E-state index in [1.165, 1.54) is 0 Å². The molecule has 0 bridgehead atoms. The molecule has 0 aromatic heterocycles. The molecule has 0 amide bonds. The van der Waals surface area contributed by atoms with Crippen LogP contribution in [0.3, 0.4) is 0 Å². The zero-order valence-corrected chi connectivity index (χ0v) is 18.4. The number of benzene rings is 2. The van der Waals surface area contributed by atoms with Crippen LogP contribution in [-0.4, -0.2) is 33.3 Å². The monoisotopic (exact) mass is 398 g/mol. The minimum atomic E-state index is -1.21. The van der Waals surface area contributed by atoms with Gasteiger partial charge in [-0.2, -0.15) is 0 Å². The van der Waals surface area contributed by atoms with Crippen LogP contribution in [0.5, 0.6) is 0 Å². The fraction of sp³-hybridized carbons (Fsp3) is 0.364. The Hall–Kier alpha value is -2.13. The molecule has 2 rings (SSSR count). The van der Waals surface area contributed by atoms with E-state index in [1.54, 1.807) is 24.3 Å². The van der Waals surface area contributed by atoms with Gasteiger partial charge in [0.15, 0.2) is 0 Å². The van der Waals surface area contributed by atoms with Gasteiger partial charge in [0, 0.05) is 0 Å². The van der Waals surface area contributed by atoms with Gasteiger partial charge in [0.05, 0.1) is 0 Å². The first kappa shape index (κ1) is 23.9. The first-order valence-electron chi connectivity index (χ1n) is 8.93. The van der Waals surface area contributed by atoms with E-state index in [-0.39, 0.29) is 16.3 Å². The molecule has 0 atom stereocenters. The summed E-state index contributed by atoms with van der Waals surface area (Å²) in [5.74, 6) is -0.970. The average molecular weight is 398 g/mol. The standard InChI is InChI=1S/2C11H14O2.Al.H2O/c2*1-11(2,3)9-6-4-8(5-7-9)10(12)13;;/h2*4-7H,1-3H3,(H,12,13);;1H2/q;;+3;/p-3. The van der Waals surface area contributed by atoms with E-state index in [0.29, 0.717) is 11.1 Å². The molecular weight excluding hydrogens is 371 g/mol. The van der Waals surface area contributed by atoms with Gasteiger partial charge in [-0.25, -0.2) is 0 Å². The van der Waals surface area contributed by atoms with Gasteiger partial charge in [0.1, 0.15) is 0 Å². The van der Waals surface area contributed by atoms with E-state index in [4.69, 9.17) is 7.58 Å². The van der Waals surface area contributed by atoms with Crippen molar-refractivity contribution in [2.45, 2.75) is 52.4 Å². The van der Waals surface area contributed by atoms with Crippen LogP contribution in [0.4, 0.5) is 0 Å². The van der Waals surface area contributed by atoms with Crippen molar-refractivity contribution >= 4 is 27.8 Å². The second-order valence-electron chi connectivity index (χ2n) is 8.56. The van der Waals surface area contributed by atoms with Crippen LogP contribution in [0.15, 0.2) is 48.5 Å². The quantitative estimate of drug-likeness (QED) is 0.700. The van der Waals surface area contributed by atoms with E-state index in [9.17, 15) is 9.59 Å². The molecule has 0 aliphatic rings. The zero-order valence-electron chi connectivity index (χ0n) is 17.3.